The summed E-state index contributed by atoms with van der Waals surface area (Å²) < 4.78 is 11.6. The molecule has 0 saturated heterocycles. The van der Waals surface area contributed by atoms with E-state index in [1.807, 2.05) is 54.6 Å². The highest BCUT2D eigenvalue weighted by Crippen LogP contribution is 2.56. The number of ether oxygens (including phenoxy) is 2. The van der Waals surface area contributed by atoms with Crippen LogP contribution in [-0.4, -0.2) is 12.2 Å². The van der Waals surface area contributed by atoms with Crippen LogP contribution in [0.4, 0.5) is 0 Å². The summed E-state index contributed by atoms with van der Waals surface area (Å²) in [5, 5.41) is 16.1. The predicted molar refractivity (Wildman–Crippen MR) is 212 cm³/mol. The molecule has 1 aliphatic carbocycles. The van der Waals surface area contributed by atoms with Crippen LogP contribution in [0.3, 0.4) is 0 Å². The molecule has 1 N–H and O–H groups in total. The SMILES string of the molecule is COc1ccc(C(C)(O)c2ccc(Oc3ccc4cc(C5(c6ccc7cc(C)ccc7c6)c6ccccc6-c6ccccc65)ccc4c3)cc2)cc1. The maximum atomic E-state index is 11.4. The average Bonchev–Trinajstić information content (AvgIpc) is 3.49. The van der Waals surface area contributed by atoms with Gasteiger partial charge < -0.3 is 14.6 Å². The molecule has 0 radical (unpaired) electrons. The van der Waals surface area contributed by atoms with E-state index in [0.717, 1.165) is 33.4 Å². The van der Waals surface area contributed by atoms with Crippen molar-refractivity contribution in [2.45, 2.75) is 24.9 Å². The quantitative estimate of drug-likeness (QED) is 0.183. The van der Waals surface area contributed by atoms with Crippen LogP contribution in [0.1, 0.15) is 45.9 Å². The minimum Gasteiger partial charge on any atom is -0.497 e. The van der Waals surface area contributed by atoms with Gasteiger partial charge in [0.25, 0.3) is 0 Å². The lowest BCUT2D eigenvalue weighted by Crippen LogP contribution is -2.28. The third-order valence-corrected chi connectivity index (χ3v) is 10.9. The second-order valence-corrected chi connectivity index (χ2v) is 14.1. The van der Waals surface area contributed by atoms with E-state index in [1.54, 1.807) is 14.0 Å². The number of benzene rings is 8. The van der Waals surface area contributed by atoms with Gasteiger partial charge in [0.15, 0.2) is 0 Å². The molecule has 8 aromatic carbocycles. The van der Waals surface area contributed by atoms with E-state index in [2.05, 4.69) is 122 Å². The Labute approximate surface area is 304 Å². The first kappa shape index (κ1) is 31.8. The van der Waals surface area contributed by atoms with Gasteiger partial charge in [0, 0.05) is 0 Å². The van der Waals surface area contributed by atoms with Crippen LogP contribution >= 0.6 is 0 Å². The highest BCUT2D eigenvalue weighted by Gasteiger charge is 2.46. The van der Waals surface area contributed by atoms with Crippen molar-refractivity contribution in [3.8, 4) is 28.4 Å². The van der Waals surface area contributed by atoms with Gasteiger partial charge in [-0.2, -0.15) is 0 Å². The summed E-state index contributed by atoms with van der Waals surface area (Å²) in [5.41, 5.74) is 8.85. The highest BCUT2D eigenvalue weighted by atomic mass is 16.5. The molecule has 0 aliphatic heterocycles. The third-order valence-electron chi connectivity index (χ3n) is 10.9. The van der Waals surface area contributed by atoms with Crippen LogP contribution in [0.2, 0.25) is 0 Å². The monoisotopic (exact) mass is 674 g/mol. The number of aliphatic hydroxyl groups is 1. The van der Waals surface area contributed by atoms with Crippen molar-refractivity contribution in [1.29, 1.82) is 0 Å². The van der Waals surface area contributed by atoms with Crippen molar-refractivity contribution in [2.24, 2.45) is 0 Å². The minimum absolute atomic E-state index is 0.482. The van der Waals surface area contributed by atoms with Crippen molar-refractivity contribution in [2.75, 3.05) is 7.11 Å². The zero-order valence-corrected chi connectivity index (χ0v) is 29.4. The van der Waals surface area contributed by atoms with Gasteiger partial charge in [-0.15, -0.1) is 0 Å². The van der Waals surface area contributed by atoms with Crippen molar-refractivity contribution >= 4 is 21.5 Å². The molecule has 3 nitrogen and oxygen atoms in total. The van der Waals surface area contributed by atoms with E-state index in [1.165, 1.54) is 49.7 Å². The van der Waals surface area contributed by atoms with Gasteiger partial charge in [-0.05, 0) is 128 Å². The Balaban J connectivity index is 1.09. The summed E-state index contributed by atoms with van der Waals surface area (Å²) >= 11 is 0. The van der Waals surface area contributed by atoms with Gasteiger partial charge in [0.2, 0.25) is 0 Å². The summed E-state index contributed by atoms with van der Waals surface area (Å²) in [6.45, 7) is 3.95. The molecule has 252 valence electrons. The topological polar surface area (TPSA) is 38.7 Å². The van der Waals surface area contributed by atoms with Gasteiger partial charge in [-0.3, -0.25) is 0 Å². The molecule has 0 bridgehead atoms. The Kier molecular flexibility index (Phi) is 7.50. The molecular formula is C49H38O3. The third kappa shape index (κ3) is 5.08. The summed E-state index contributed by atoms with van der Waals surface area (Å²) in [6.07, 6.45) is 0. The highest BCUT2D eigenvalue weighted by molar-refractivity contribution is 5.92. The number of hydrogen-bond acceptors (Lipinski definition) is 3. The van der Waals surface area contributed by atoms with Crippen molar-refractivity contribution in [3.63, 3.8) is 0 Å². The zero-order chi connectivity index (χ0) is 35.5. The molecule has 0 fully saturated rings. The van der Waals surface area contributed by atoms with Gasteiger partial charge in [0.1, 0.15) is 22.8 Å². The van der Waals surface area contributed by atoms with E-state index in [-0.39, 0.29) is 0 Å². The van der Waals surface area contributed by atoms with Gasteiger partial charge >= 0.3 is 0 Å². The van der Waals surface area contributed by atoms with Crippen LogP contribution in [-0.2, 0) is 11.0 Å². The van der Waals surface area contributed by atoms with Crippen molar-refractivity contribution in [1.82, 2.24) is 0 Å². The van der Waals surface area contributed by atoms with E-state index in [9.17, 15) is 5.11 Å². The Morgan fingerprint density at radius 2 is 0.942 bits per heavy atom. The molecular weight excluding hydrogens is 637 g/mol. The molecule has 0 spiro atoms. The number of fused-ring (bicyclic) bond motifs is 5. The number of methoxy groups -OCH3 is 1. The first-order chi connectivity index (χ1) is 25.3. The fraction of sp³-hybridized carbons (Fsp3) is 0.102. The molecule has 52 heavy (non-hydrogen) atoms. The van der Waals surface area contributed by atoms with E-state index in [4.69, 9.17) is 9.47 Å². The molecule has 0 amide bonds. The van der Waals surface area contributed by atoms with E-state index >= 15 is 0 Å². The van der Waals surface area contributed by atoms with Crippen molar-refractivity contribution in [3.05, 3.63) is 209 Å². The first-order valence-electron chi connectivity index (χ1n) is 17.7. The lowest BCUT2D eigenvalue weighted by Gasteiger charge is -2.34. The second kappa shape index (κ2) is 12.3. The summed E-state index contributed by atoms with van der Waals surface area (Å²) in [5.74, 6) is 2.21. The molecule has 8 aromatic rings. The first-order valence-corrected chi connectivity index (χ1v) is 17.7. The Morgan fingerprint density at radius 3 is 1.52 bits per heavy atom. The maximum Gasteiger partial charge on any atom is 0.128 e. The smallest absolute Gasteiger partial charge is 0.128 e. The van der Waals surface area contributed by atoms with Crippen LogP contribution < -0.4 is 9.47 Å². The Bertz CT molecular complexity index is 2570. The number of rotatable bonds is 7. The standard InChI is InChI=1S/C49H38O3/c1-32-12-13-34-29-39(17-14-33(34)28-32)49(46-10-6-4-8-44(46)45-9-5-7-11-47(45)49)40-18-15-36-31-43(23-16-35(36)30-40)52-42-26-21-38(22-27-42)48(2,50)37-19-24-41(51-3)25-20-37/h4-31,50H,1-3H3. The van der Waals surface area contributed by atoms with Crippen LogP contribution in [0.5, 0.6) is 17.2 Å². The molecule has 1 aliphatic rings. The Hall–Kier alpha value is -6.16. The fourth-order valence-electron chi connectivity index (χ4n) is 8.21. The van der Waals surface area contributed by atoms with E-state index in [0.29, 0.717) is 5.75 Å². The van der Waals surface area contributed by atoms with E-state index < -0.39 is 11.0 Å². The molecule has 0 aromatic heterocycles. The Morgan fingerprint density at radius 1 is 0.481 bits per heavy atom. The fourth-order valence-corrected chi connectivity index (χ4v) is 8.21. The van der Waals surface area contributed by atoms with Gasteiger partial charge in [-0.1, -0.05) is 127 Å². The van der Waals surface area contributed by atoms with Crippen LogP contribution in [0.25, 0.3) is 32.7 Å². The van der Waals surface area contributed by atoms with Crippen LogP contribution in [0.15, 0.2) is 170 Å². The second-order valence-electron chi connectivity index (χ2n) is 14.1. The summed E-state index contributed by atoms with van der Waals surface area (Å²) in [6, 6.07) is 59.7. The lowest BCUT2D eigenvalue weighted by atomic mass is 9.67. The summed E-state index contributed by atoms with van der Waals surface area (Å²) in [4.78, 5) is 0. The number of aryl methyl sites for hydroxylation is 1. The zero-order valence-electron chi connectivity index (χ0n) is 29.4. The largest absolute Gasteiger partial charge is 0.497 e. The minimum atomic E-state index is -1.16. The molecule has 0 saturated carbocycles. The molecule has 1 atom stereocenters. The average molecular weight is 675 g/mol. The molecule has 3 heteroatoms. The molecule has 0 heterocycles. The maximum absolute atomic E-state index is 11.4. The van der Waals surface area contributed by atoms with Crippen molar-refractivity contribution < 1.29 is 14.6 Å². The van der Waals surface area contributed by atoms with Gasteiger partial charge in [-0.25, -0.2) is 0 Å². The predicted octanol–water partition coefficient (Wildman–Crippen LogP) is 11.7. The molecule has 1 unspecified atom stereocenters. The normalized spacial score (nSPS) is 14.1. The van der Waals surface area contributed by atoms with Gasteiger partial charge in [0.05, 0.1) is 12.5 Å². The lowest BCUT2D eigenvalue weighted by molar-refractivity contribution is 0.102. The molecule has 9 rings (SSSR count). The summed E-state index contributed by atoms with van der Waals surface area (Å²) in [7, 11) is 1.64. The number of hydrogen-bond donors (Lipinski definition) is 1. The van der Waals surface area contributed by atoms with Crippen LogP contribution in [0, 0.1) is 6.92 Å².